The molecule has 7 aromatic carbocycles. The van der Waals surface area contributed by atoms with E-state index in [9.17, 15) is 15.1 Å². The van der Waals surface area contributed by atoms with E-state index in [1.54, 1.807) is 91.2 Å². The molecule has 2 unspecified atom stereocenters. The Balaban J connectivity index is -0.000000504. The summed E-state index contributed by atoms with van der Waals surface area (Å²) in [5, 5.41) is 38.3. The molecular weight excluding hydrogens is 1810 g/mol. The molecule has 0 spiro atoms. The largest absolute Gasteiger partial charge is 0.516 e. The van der Waals surface area contributed by atoms with E-state index in [0.29, 0.717) is 73.5 Å². The molecule has 131 heavy (non-hydrogen) atoms. The first-order chi connectivity index (χ1) is 61.0. The van der Waals surface area contributed by atoms with Gasteiger partial charge in [-0.1, -0.05) is 296 Å². The molecule has 0 fully saturated rings. The second-order valence-corrected chi connectivity index (χ2v) is 42.2. The number of allylic oxidation sites excluding steroid dienone is 14. The maximum absolute atomic E-state index is 10.8. The number of rotatable bonds is 25. The van der Waals surface area contributed by atoms with Gasteiger partial charge in [-0.2, -0.15) is 0 Å². The number of aryl methyl sites for hydroxylation is 7. The number of ether oxygens (including phenoxy) is 5. The van der Waals surface area contributed by atoms with Crippen molar-refractivity contribution in [3.05, 3.63) is 280 Å². The second kappa shape index (κ2) is 71.5. The fraction of sp³-hybridized carbons (Fsp3) is 0.415. The van der Waals surface area contributed by atoms with Crippen molar-refractivity contribution in [2.24, 2.45) is 5.41 Å². The highest BCUT2D eigenvalue weighted by atomic mass is 36.0. The minimum atomic E-state index is -2.21. The molecule has 0 saturated carbocycles. The number of phenols is 3. The standard InChI is InChI=1S/C32H46O8P2.C19H24O4.C16H18ClO2P.C8H10O.C7H12.C5H8O2.C5H12.C5H10.C5H8.2C2H6.Cl3P/c1-13-15-22(2)16-14-17-38-42(37-12)40-30-26(19-24(35-10)21-28(30)32(6,7)8)25-18-23(34-9)20-27(31(3,4)5)29(25)39-41(33)36-11;1-11-7-12(22-5)8-14(17(11)20)15-9-13(23-6)10-16(18(15)21)19(2,3)4;1-11-5-7-15(13(3)9-11)18-20(17)19-16-8-6-12(2)10-14(16)4;1-6-3-4-8(9)7(2)5-6;1-4-6-7(3)5-2;1-7-5-3-2-4-6;1-5(2,3)4;2*1-4-5(2)3;2*1-2;1-4(2)3/h13-21,33H,1-12H3;7-10,20-21H,1-6H3;5-10H,1-4H3;3-5,9H,1-2H3;5-6H,2,4H2,1,3H3;2-6H,1H3;1-4H3;4H,1-3H3;4H,1-2H2,3H3;2*1-2H3;/b15-13+,17-14+,22-16-;;;;7-6-;4-2+,5-3+;;;;;;. The summed E-state index contributed by atoms with van der Waals surface area (Å²) in [6, 6.07) is 32.1. The average Bonchev–Trinajstić information content (AvgIpc) is 0.415. The van der Waals surface area contributed by atoms with Gasteiger partial charge in [-0.25, -0.2) is 0 Å². The van der Waals surface area contributed by atoms with Crippen molar-refractivity contribution in [3.8, 4) is 85.5 Å². The predicted octanol–water partition coefficient (Wildman–Crippen LogP) is 36.3. The van der Waals surface area contributed by atoms with Gasteiger partial charge in [0.1, 0.15) is 63.2 Å². The van der Waals surface area contributed by atoms with Gasteiger partial charge >= 0.3 is 24.9 Å². The van der Waals surface area contributed by atoms with Gasteiger partial charge in [-0.05, 0) is 243 Å². The lowest BCUT2D eigenvalue weighted by Crippen LogP contribution is -2.15. The van der Waals surface area contributed by atoms with Crippen LogP contribution in [0.2, 0.25) is 0 Å². The van der Waals surface area contributed by atoms with Gasteiger partial charge in [-0.15, -0.1) is 0 Å². The summed E-state index contributed by atoms with van der Waals surface area (Å²) in [6.45, 7) is 75.9. The third-order valence-corrected chi connectivity index (χ3v) is 19.3. The molecule has 17 nitrogen and oxygen atoms in total. The zero-order valence-electron chi connectivity index (χ0n) is 86.1. The molecule has 7 rings (SSSR count). The predicted molar refractivity (Wildman–Crippen MR) is 572 cm³/mol. The first-order valence-corrected chi connectivity index (χ1v) is 51.2. The molecule has 0 bridgehead atoms. The number of aliphatic hydroxyl groups excluding tert-OH is 1. The third kappa shape index (κ3) is 59.3. The van der Waals surface area contributed by atoms with Gasteiger partial charge in [-0.3, -0.25) is 4.52 Å². The summed E-state index contributed by atoms with van der Waals surface area (Å²) in [4.78, 5) is 10.5. The Labute approximate surface area is 816 Å². The minimum Gasteiger partial charge on any atom is -0.516 e. The van der Waals surface area contributed by atoms with Gasteiger partial charge in [0.2, 0.25) is 0 Å². The molecule has 0 aliphatic carbocycles. The van der Waals surface area contributed by atoms with Crippen molar-refractivity contribution in [2.45, 2.75) is 244 Å². The van der Waals surface area contributed by atoms with Gasteiger partial charge in [0.15, 0.2) is 5.98 Å². The summed E-state index contributed by atoms with van der Waals surface area (Å²) >= 11 is 20.8. The first-order valence-electron chi connectivity index (χ1n) is 42.8. The summed E-state index contributed by atoms with van der Waals surface area (Å²) in [7, 11) is 5.30. The average molecular weight is 1970 g/mol. The first kappa shape index (κ1) is 131. The highest BCUT2D eigenvalue weighted by Gasteiger charge is 2.33. The number of aromatic hydroxyl groups is 3. The molecule has 0 heterocycles. The number of halogens is 4. The van der Waals surface area contributed by atoms with Crippen LogP contribution >= 0.6 is 75.9 Å². The van der Waals surface area contributed by atoms with Crippen molar-refractivity contribution in [1.82, 2.24) is 0 Å². The van der Waals surface area contributed by atoms with Gasteiger partial charge in [0, 0.05) is 53.2 Å². The lowest BCUT2D eigenvalue weighted by Gasteiger charge is -2.29. The van der Waals surface area contributed by atoms with Crippen LogP contribution in [-0.2, 0) is 34.6 Å². The van der Waals surface area contributed by atoms with Gasteiger partial charge < -0.3 is 76.1 Å². The monoisotopic (exact) mass is 1970 g/mol. The van der Waals surface area contributed by atoms with Crippen molar-refractivity contribution in [3.63, 3.8) is 0 Å². The van der Waals surface area contributed by atoms with E-state index >= 15 is 0 Å². The lowest BCUT2D eigenvalue weighted by atomic mass is 9.81. The summed E-state index contributed by atoms with van der Waals surface area (Å²) < 4.78 is 67.3. The molecule has 0 aliphatic rings. The summed E-state index contributed by atoms with van der Waals surface area (Å²) in [5.41, 5.74) is 16.3. The Morgan fingerprint density at radius 1 is 0.458 bits per heavy atom. The van der Waals surface area contributed by atoms with Crippen LogP contribution in [0.5, 0.6) is 63.2 Å². The quantitative estimate of drug-likeness (QED) is 0.0156. The number of methoxy groups -OCH3 is 5. The smallest absolute Gasteiger partial charge is 0.462 e. The summed E-state index contributed by atoms with van der Waals surface area (Å²) in [5.74, 6) is 4.43. The molecule has 25 heteroatoms. The number of benzene rings is 7. The van der Waals surface area contributed by atoms with Crippen LogP contribution in [0.3, 0.4) is 0 Å². The molecule has 0 aliphatic heterocycles. The Hall–Kier alpha value is -8.10. The number of aliphatic hydroxyl groups is 1. The zero-order valence-corrected chi connectivity index (χ0v) is 92.7. The summed E-state index contributed by atoms with van der Waals surface area (Å²) in [6.07, 6.45) is 23.6. The molecular formula is C106H160Cl4O17P4. The van der Waals surface area contributed by atoms with Crippen molar-refractivity contribution >= 4 is 75.9 Å². The molecule has 2 atom stereocenters. The van der Waals surface area contributed by atoms with E-state index in [1.165, 1.54) is 54.4 Å². The van der Waals surface area contributed by atoms with Crippen molar-refractivity contribution in [2.75, 3.05) is 49.8 Å². The molecule has 5 N–H and O–H groups in total. The van der Waals surface area contributed by atoms with E-state index in [0.717, 1.165) is 68.7 Å². The molecule has 0 aromatic heterocycles. The Bertz CT molecular complexity index is 4590. The molecule has 0 amide bonds. The minimum absolute atomic E-state index is 0.120. The van der Waals surface area contributed by atoms with Crippen molar-refractivity contribution < 1.29 is 80.7 Å². The van der Waals surface area contributed by atoms with E-state index in [2.05, 4.69) is 146 Å². The molecule has 734 valence electrons. The van der Waals surface area contributed by atoms with Crippen molar-refractivity contribution in [1.29, 1.82) is 0 Å². The van der Waals surface area contributed by atoms with Gasteiger partial charge in [0.25, 0.3) is 0 Å². The molecule has 0 saturated heterocycles. The Morgan fingerprint density at radius 3 is 1.15 bits per heavy atom. The third-order valence-electron chi connectivity index (χ3n) is 16.6. The molecule has 0 radical (unpaired) electrons. The fourth-order valence-corrected chi connectivity index (χ4v) is 12.3. The van der Waals surface area contributed by atoms with Crippen LogP contribution in [0.15, 0.2) is 225 Å². The SMILES string of the molecule is C/C=C/C(C)=C\C=C\OP(OC)Oc1c(-c2cc(OC)cc(C(C)(C)C)c2OP(O)OC)cc(OC)cc1C(C)(C)C.C=C/C(C)=C\CC.C=CC(=C)C.CC.CC.CC(C)(C)C.CC=C(C)C.CO/C=C/C=C/O.COc1cc(C)c(O)c(-c2cc(OC)cc(C(C)(C)C)c2O)c1.Cc1ccc(O)c(C)c1.Cc1ccc(OP(Cl)Oc2ccc(C)cc2C)c(C)c1.ClP(Cl)Cl. The second-order valence-electron chi connectivity index (χ2n) is 33.4. The maximum Gasteiger partial charge on any atom is 0.462 e. The zero-order chi connectivity index (χ0) is 102. The normalized spacial score (nSPS) is 11.4. The van der Waals surface area contributed by atoms with Gasteiger partial charge in [0.05, 0.1) is 54.3 Å². The Morgan fingerprint density at radius 2 is 0.832 bits per heavy atom. The van der Waals surface area contributed by atoms with E-state index in [1.807, 2.05) is 209 Å². The van der Waals surface area contributed by atoms with Crippen LogP contribution in [0.25, 0.3) is 22.3 Å². The van der Waals surface area contributed by atoms with Crippen LogP contribution in [0.4, 0.5) is 0 Å². The van der Waals surface area contributed by atoms with E-state index in [-0.39, 0.29) is 27.7 Å². The highest BCUT2D eigenvalue weighted by Crippen LogP contribution is 2.56. The fourth-order valence-electron chi connectivity index (χ4n) is 9.97. The number of hydrogen-bond donors (Lipinski definition) is 5. The van der Waals surface area contributed by atoms with Crippen LogP contribution in [0.1, 0.15) is 235 Å². The van der Waals surface area contributed by atoms with Crippen LogP contribution in [0, 0.1) is 53.9 Å². The van der Waals surface area contributed by atoms with E-state index < -0.39 is 30.9 Å². The number of hydrogen-bond acceptors (Lipinski definition) is 17. The Kier molecular flexibility index (Phi) is 71.7. The van der Waals surface area contributed by atoms with E-state index in [4.69, 9.17) is 106 Å². The lowest BCUT2D eigenvalue weighted by molar-refractivity contribution is 0.297. The van der Waals surface area contributed by atoms with Crippen LogP contribution < -0.4 is 37.0 Å². The topological polar surface area (TPSA) is 212 Å². The highest BCUT2D eigenvalue weighted by molar-refractivity contribution is 8.20. The molecule has 7 aromatic rings. The number of phenolic OH excluding ortho intramolecular Hbond substituents is 3. The maximum atomic E-state index is 10.8. The van der Waals surface area contributed by atoms with Crippen LogP contribution in [-0.4, -0.2) is 75.1 Å².